The van der Waals surface area contributed by atoms with Gasteiger partial charge in [0, 0.05) is 23.0 Å². The van der Waals surface area contributed by atoms with Gasteiger partial charge in [0.25, 0.3) is 0 Å². The van der Waals surface area contributed by atoms with E-state index in [1.807, 2.05) is 6.07 Å². The normalized spacial score (nSPS) is 12.3. The zero-order chi connectivity index (χ0) is 17.8. The molecule has 0 bridgehead atoms. The first-order valence-electron chi connectivity index (χ1n) is 7.34. The van der Waals surface area contributed by atoms with E-state index < -0.39 is 6.10 Å². The van der Waals surface area contributed by atoms with E-state index in [4.69, 9.17) is 11.6 Å². The molecule has 128 valence electrons. The Morgan fingerprint density at radius 1 is 1.19 bits per heavy atom. The zero-order valence-electron chi connectivity index (χ0n) is 13.4. The van der Waals surface area contributed by atoms with E-state index in [2.05, 4.69) is 27.0 Å². The average Bonchev–Trinajstić information content (AvgIpc) is 3.07. The molecule has 3 aromatic rings. The van der Waals surface area contributed by atoms with Crippen molar-refractivity contribution in [3.8, 4) is 0 Å². The molecule has 26 heavy (non-hydrogen) atoms. The van der Waals surface area contributed by atoms with Crippen molar-refractivity contribution in [2.24, 2.45) is 0 Å². The maximum Gasteiger partial charge on any atom is 2.00 e. The maximum atomic E-state index is 10.8. The number of benzene rings is 1. The van der Waals surface area contributed by atoms with Crippen molar-refractivity contribution in [3.05, 3.63) is 103 Å². The first kappa shape index (κ1) is 21.6. The van der Waals surface area contributed by atoms with Gasteiger partial charge >= 0.3 is 31.1 Å². The van der Waals surface area contributed by atoms with Gasteiger partial charge in [0.1, 0.15) is 0 Å². The Kier molecular flexibility index (Phi) is 8.28. The van der Waals surface area contributed by atoms with Gasteiger partial charge in [-0.15, -0.1) is 40.7 Å². The smallest absolute Gasteiger partial charge is 0.854 e. The summed E-state index contributed by atoms with van der Waals surface area (Å²) in [5.74, 6) is 0. The summed E-state index contributed by atoms with van der Waals surface area (Å²) in [5.41, 5.74) is 1.51. The number of aliphatic hydroxyl groups is 1. The van der Waals surface area contributed by atoms with Gasteiger partial charge in [-0.2, -0.15) is 0 Å². The second kappa shape index (κ2) is 9.98. The number of hydrogen-bond acceptors (Lipinski definition) is 3. The SMILES string of the molecule is [N-]=C(C(=[C-]c1ccc(Cl)cc1)C(O)c1cccnc1)c1ccc(Br)s1.[U+2]. The number of thiophene rings is 1. The molecule has 7 heteroatoms. The average molecular weight is 670 g/mol. The predicted molar refractivity (Wildman–Crippen MR) is 106 cm³/mol. The van der Waals surface area contributed by atoms with Crippen molar-refractivity contribution in [3.63, 3.8) is 0 Å². The van der Waals surface area contributed by atoms with E-state index in [-0.39, 0.29) is 42.4 Å². The van der Waals surface area contributed by atoms with Crippen LogP contribution in [0.15, 0.2) is 70.3 Å². The Balaban J connectivity index is 0.00000243. The molecule has 2 aromatic heterocycles. The summed E-state index contributed by atoms with van der Waals surface area (Å²) in [6.07, 6.45) is 5.22. The fraction of sp³-hybridized carbons (Fsp3) is 0.0526. The molecular formula is C19H12BrClN2OSU. The van der Waals surface area contributed by atoms with Gasteiger partial charge < -0.3 is 10.5 Å². The van der Waals surface area contributed by atoms with Crippen molar-refractivity contribution in [2.75, 3.05) is 0 Å². The van der Waals surface area contributed by atoms with Crippen LogP contribution in [0.25, 0.3) is 5.41 Å². The minimum absolute atomic E-state index is 0. The van der Waals surface area contributed by atoms with Crippen molar-refractivity contribution < 1.29 is 36.2 Å². The van der Waals surface area contributed by atoms with Gasteiger partial charge in [0.05, 0.1) is 9.89 Å². The van der Waals surface area contributed by atoms with Crippen molar-refractivity contribution >= 4 is 44.6 Å². The fourth-order valence-electron chi connectivity index (χ4n) is 2.22. The van der Waals surface area contributed by atoms with Gasteiger partial charge in [0.2, 0.25) is 0 Å². The summed E-state index contributed by atoms with van der Waals surface area (Å²) in [6, 6.07) is 14.1. The van der Waals surface area contributed by atoms with Crippen LogP contribution in [0.2, 0.25) is 5.02 Å². The maximum absolute atomic E-state index is 10.8. The Hall–Kier alpha value is -0.738. The molecule has 0 aliphatic rings. The van der Waals surface area contributed by atoms with Crippen LogP contribution >= 0.6 is 38.9 Å². The summed E-state index contributed by atoms with van der Waals surface area (Å²) in [7, 11) is 0. The molecular weight excluding hydrogens is 658 g/mol. The number of hydrogen-bond donors (Lipinski definition) is 1. The molecule has 0 fully saturated rings. The first-order valence-corrected chi connectivity index (χ1v) is 9.33. The third kappa shape index (κ3) is 5.39. The van der Waals surface area contributed by atoms with Crippen LogP contribution in [0.5, 0.6) is 0 Å². The van der Waals surface area contributed by atoms with Gasteiger partial charge in [-0.1, -0.05) is 35.9 Å². The van der Waals surface area contributed by atoms with Crippen LogP contribution in [0, 0.1) is 37.2 Å². The fourth-order valence-corrected chi connectivity index (χ4v) is 3.69. The van der Waals surface area contributed by atoms with Crippen LogP contribution in [0.3, 0.4) is 0 Å². The molecule has 0 amide bonds. The molecule has 2 heterocycles. The van der Waals surface area contributed by atoms with Crippen LogP contribution in [-0.4, -0.2) is 15.8 Å². The molecule has 0 spiro atoms. The molecule has 0 aliphatic carbocycles. The summed E-state index contributed by atoms with van der Waals surface area (Å²) in [6.45, 7) is 0. The molecule has 3 rings (SSSR count). The summed E-state index contributed by atoms with van der Waals surface area (Å²) >= 11 is 10.7. The monoisotopic (exact) mass is 668 g/mol. The van der Waals surface area contributed by atoms with Crippen LogP contribution in [-0.2, 0) is 0 Å². The number of rotatable bonds is 5. The van der Waals surface area contributed by atoms with Crippen LogP contribution in [0.1, 0.15) is 22.1 Å². The molecule has 1 N–H and O–H groups in total. The van der Waals surface area contributed by atoms with E-state index in [9.17, 15) is 10.5 Å². The Bertz CT molecular complexity index is 913. The second-order valence-electron chi connectivity index (χ2n) is 5.19. The molecule has 1 unspecified atom stereocenters. The van der Waals surface area contributed by atoms with Gasteiger partial charge in [-0.3, -0.25) is 4.98 Å². The topological polar surface area (TPSA) is 55.4 Å². The summed E-state index contributed by atoms with van der Waals surface area (Å²) in [5, 5.41) is 22.1. The number of halogens is 2. The number of pyridine rings is 1. The van der Waals surface area contributed by atoms with Gasteiger partial charge in [-0.25, -0.2) is 5.71 Å². The molecule has 0 radical (unpaired) electrons. The third-order valence-corrected chi connectivity index (χ3v) is 5.34. The van der Waals surface area contributed by atoms with E-state index in [0.29, 0.717) is 21.0 Å². The summed E-state index contributed by atoms with van der Waals surface area (Å²) in [4.78, 5) is 4.66. The van der Waals surface area contributed by atoms with E-state index in [1.165, 1.54) is 11.3 Å². The minimum Gasteiger partial charge on any atom is -0.854 e. The number of aromatic nitrogens is 1. The van der Waals surface area contributed by atoms with Gasteiger partial charge in [-0.05, 0) is 32.9 Å². The standard InChI is InChI=1S/C19H12BrClN2OS.U/c20-17-8-7-16(25-17)18(22)15(10-12-3-5-14(21)6-4-12)19(24)13-2-1-9-23-11-13;/h1-9,11,19,24H;/q-2;+2. The quantitative estimate of drug-likeness (QED) is 0.291. The molecule has 0 aliphatic heterocycles. The first-order chi connectivity index (χ1) is 12.0. The predicted octanol–water partition coefficient (Wildman–Crippen LogP) is 5.43. The van der Waals surface area contributed by atoms with E-state index in [1.54, 1.807) is 54.9 Å². The molecule has 1 atom stereocenters. The molecule has 0 saturated carbocycles. The largest absolute Gasteiger partial charge is 2.00 e. The molecule has 0 saturated heterocycles. The number of nitrogens with zero attached hydrogens (tertiary/aromatic N) is 2. The van der Waals surface area contributed by atoms with Crippen molar-refractivity contribution in [2.45, 2.75) is 6.10 Å². The van der Waals surface area contributed by atoms with Crippen molar-refractivity contribution in [1.29, 1.82) is 0 Å². The minimum atomic E-state index is -1.06. The zero-order valence-corrected chi connectivity index (χ0v) is 20.7. The third-order valence-electron chi connectivity index (χ3n) is 3.46. The Labute approximate surface area is 193 Å². The molecule has 3 nitrogen and oxygen atoms in total. The Morgan fingerprint density at radius 2 is 1.92 bits per heavy atom. The summed E-state index contributed by atoms with van der Waals surface area (Å²) < 4.78 is 0.885. The molecule has 1 aromatic carbocycles. The van der Waals surface area contributed by atoms with Crippen LogP contribution in [0.4, 0.5) is 0 Å². The van der Waals surface area contributed by atoms with E-state index >= 15 is 0 Å². The van der Waals surface area contributed by atoms with Crippen molar-refractivity contribution in [1.82, 2.24) is 4.98 Å². The van der Waals surface area contributed by atoms with E-state index in [0.717, 1.165) is 3.79 Å². The second-order valence-corrected chi connectivity index (χ2v) is 8.09. The van der Waals surface area contributed by atoms with Gasteiger partial charge in [0.15, 0.2) is 0 Å². The Morgan fingerprint density at radius 3 is 2.50 bits per heavy atom. The van der Waals surface area contributed by atoms with Crippen LogP contribution < -0.4 is 0 Å². The number of aliphatic hydroxyl groups excluding tert-OH is 1.